The van der Waals surface area contributed by atoms with Crippen molar-refractivity contribution in [3.05, 3.63) is 47.5 Å². The van der Waals surface area contributed by atoms with Gasteiger partial charge in [0.2, 0.25) is 0 Å². The first-order chi connectivity index (χ1) is 13.2. The van der Waals surface area contributed by atoms with Crippen LogP contribution in [0.2, 0.25) is 10.7 Å². The number of rotatable bonds is 5. The van der Waals surface area contributed by atoms with Crippen LogP contribution in [0.3, 0.4) is 0 Å². The second-order valence-corrected chi connectivity index (χ2v) is 10.6. The Kier molecular flexibility index (Phi) is 5.86. The van der Waals surface area contributed by atoms with Gasteiger partial charge in [0.1, 0.15) is 0 Å². The van der Waals surface area contributed by atoms with Gasteiger partial charge in [0.15, 0.2) is 0 Å². The van der Waals surface area contributed by atoms with E-state index >= 15 is 0 Å². The molecule has 0 saturated carbocycles. The predicted octanol–water partition coefficient (Wildman–Crippen LogP) is 5.70. The van der Waals surface area contributed by atoms with Crippen LogP contribution in [0.4, 0.5) is 0 Å². The lowest BCUT2D eigenvalue weighted by atomic mass is 9.46. The fourth-order valence-corrected chi connectivity index (χ4v) is 3.99. The fourth-order valence-electron chi connectivity index (χ4n) is 3.79. The predicted molar refractivity (Wildman–Crippen MR) is 120 cm³/mol. The molecule has 0 radical (unpaired) electrons. The average Bonchev–Trinajstić information content (AvgIpc) is 2.91. The molecule has 0 aliphatic carbocycles. The molecule has 2 saturated heterocycles. The van der Waals surface area contributed by atoms with Crippen molar-refractivity contribution in [3.63, 3.8) is 0 Å². The van der Waals surface area contributed by atoms with Crippen LogP contribution in [-0.4, -0.2) is 36.6 Å². The van der Waals surface area contributed by atoms with Crippen molar-refractivity contribution in [1.29, 1.82) is 0 Å². The molecular weight excluding hydrogens is 385 g/mol. The molecule has 2 fully saturated rings. The molecule has 2 aliphatic heterocycles. The van der Waals surface area contributed by atoms with Crippen molar-refractivity contribution < 1.29 is 18.6 Å². The van der Waals surface area contributed by atoms with Gasteiger partial charge < -0.3 is 18.6 Å². The number of hydrogen-bond donors (Lipinski definition) is 0. The zero-order chi connectivity index (χ0) is 21.8. The molecule has 0 spiro atoms. The van der Waals surface area contributed by atoms with E-state index in [9.17, 15) is 0 Å². The van der Waals surface area contributed by atoms with Gasteiger partial charge in [-0.1, -0.05) is 29.8 Å². The Balaban J connectivity index is 2.04. The summed E-state index contributed by atoms with van der Waals surface area (Å²) in [5.74, 6) is -0.127. The summed E-state index contributed by atoms with van der Waals surface area (Å²) < 4.78 is 25.8. The molecule has 0 amide bonds. The Morgan fingerprint density at radius 2 is 1.24 bits per heavy atom. The van der Waals surface area contributed by atoms with Gasteiger partial charge in [-0.2, -0.15) is 0 Å². The van der Waals surface area contributed by atoms with Crippen molar-refractivity contribution in [3.8, 4) is 0 Å². The first-order valence-corrected chi connectivity index (χ1v) is 10.7. The Morgan fingerprint density at radius 1 is 0.828 bits per heavy atom. The van der Waals surface area contributed by atoms with E-state index in [2.05, 4.69) is 62.0 Å². The van der Waals surface area contributed by atoms with E-state index in [0.29, 0.717) is 5.02 Å². The highest BCUT2D eigenvalue weighted by Gasteiger charge is 2.63. The maximum atomic E-state index is 6.45. The summed E-state index contributed by atoms with van der Waals surface area (Å²) in [7, 11) is -1.03. The average molecular weight is 419 g/mol. The Bertz CT molecular complexity index is 710. The standard InChI is InChI=1S/C22H33B2ClO4/c1-10-17(15-12-11-13-16(25)14-15)18(23-26-19(2,3)20(4,5)27-23)24-28-21(6,7)22(8,9)29-24/h10-14,17-18H,1H2,2-9H3/t17-/m1/s1. The van der Waals surface area contributed by atoms with E-state index in [0.717, 1.165) is 5.56 Å². The normalized spacial score (nSPS) is 25.4. The molecule has 1 atom stereocenters. The van der Waals surface area contributed by atoms with E-state index in [1.54, 1.807) is 0 Å². The van der Waals surface area contributed by atoms with Crippen LogP contribution in [0.15, 0.2) is 36.9 Å². The van der Waals surface area contributed by atoms with Crippen molar-refractivity contribution in [1.82, 2.24) is 0 Å². The third-order valence-electron chi connectivity index (χ3n) is 7.07. The molecule has 0 bridgehead atoms. The molecule has 1 aromatic carbocycles. The number of halogens is 1. The SMILES string of the molecule is C=C[C@H](c1cccc(Cl)c1)C(B1OC(C)(C)C(C)(C)O1)B1OC(C)(C)C(C)(C)O1. The van der Waals surface area contributed by atoms with Crippen molar-refractivity contribution in [2.24, 2.45) is 0 Å². The largest absolute Gasteiger partial charge is 0.459 e. The topological polar surface area (TPSA) is 36.9 Å². The van der Waals surface area contributed by atoms with Gasteiger partial charge in [-0.05, 0) is 73.1 Å². The van der Waals surface area contributed by atoms with Gasteiger partial charge in [-0.15, -0.1) is 6.58 Å². The summed E-state index contributed by atoms with van der Waals surface area (Å²) in [5, 5.41) is 0.677. The van der Waals surface area contributed by atoms with Crippen molar-refractivity contribution >= 4 is 25.8 Å². The molecule has 29 heavy (non-hydrogen) atoms. The Labute approximate surface area is 181 Å². The van der Waals surface area contributed by atoms with Crippen LogP contribution in [-0.2, 0) is 18.6 Å². The molecule has 4 nitrogen and oxygen atoms in total. The van der Waals surface area contributed by atoms with Gasteiger partial charge in [-0.25, -0.2) is 0 Å². The Hall–Kier alpha value is -0.780. The Morgan fingerprint density at radius 3 is 1.59 bits per heavy atom. The lowest BCUT2D eigenvalue weighted by molar-refractivity contribution is 0.00578. The van der Waals surface area contributed by atoms with E-state index in [1.165, 1.54) is 0 Å². The molecule has 1 aromatic rings. The minimum Gasteiger partial charge on any atom is -0.403 e. The van der Waals surface area contributed by atoms with Gasteiger partial charge >= 0.3 is 14.2 Å². The maximum absolute atomic E-state index is 6.45. The van der Waals surface area contributed by atoms with Crippen LogP contribution in [0.25, 0.3) is 0 Å². The van der Waals surface area contributed by atoms with Crippen molar-refractivity contribution in [2.75, 3.05) is 0 Å². The van der Waals surface area contributed by atoms with Crippen LogP contribution in [0.1, 0.15) is 66.9 Å². The van der Waals surface area contributed by atoms with Crippen LogP contribution < -0.4 is 0 Å². The highest BCUT2D eigenvalue weighted by molar-refractivity contribution is 6.68. The summed E-state index contributed by atoms with van der Waals surface area (Å²) in [6, 6.07) is 7.81. The summed E-state index contributed by atoms with van der Waals surface area (Å²) in [5.41, 5.74) is -1.06. The van der Waals surface area contributed by atoms with Gasteiger partial charge in [0.25, 0.3) is 0 Å². The lowest BCUT2D eigenvalue weighted by Crippen LogP contribution is -2.41. The molecule has 0 unspecified atom stereocenters. The second-order valence-electron chi connectivity index (χ2n) is 10.1. The summed E-state index contributed by atoms with van der Waals surface area (Å²) in [6.45, 7) is 20.5. The molecule has 2 heterocycles. The summed E-state index contributed by atoms with van der Waals surface area (Å²) in [6.07, 6.45) is 1.91. The summed E-state index contributed by atoms with van der Waals surface area (Å²) >= 11 is 6.29. The second kappa shape index (κ2) is 7.42. The molecule has 2 aliphatic rings. The molecular formula is C22H33B2ClO4. The van der Waals surface area contributed by atoms with E-state index in [1.807, 2.05) is 30.3 Å². The summed E-state index contributed by atoms with van der Waals surface area (Å²) in [4.78, 5) is 0. The fraction of sp³-hybridized carbons (Fsp3) is 0.636. The zero-order valence-electron chi connectivity index (χ0n) is 18.9. The van der Waals surface area contributed by atoms with Gasteiger partial charge in [0.05, 0.1) is 22.4 Å². The maximum Gasteiger partial charge on any atom is 0.459 e. The highest BCUT2D eigenvalue weighted by atomic mass is 35.5. The molecule has 158 valence electrons. The highest BCUT2D eigenvalue weighted by Crippen LogP contribution is 2.50. The first-order valence-electron chi connectivity index (χ1n) is 10.3. The molecule has 0 aromatic heterocycles. The van der Waals surface area contributed by atoms with Crippen LogP contribution in [0, 0.1) is 0 Å². The number of allylic oxidation sites excluding steroid dienone is 1. The van der Waals surface area contributed by atoms with E-state index in [4.69, 9.17) is 30.2 Å². The van der Waals surface area contributed by atoms with E-state index in [-0.39, 0.29) is 11.6 Å². The third-order valence-corrected chi connectivity index (χ3v) is 7.31. The van der Waals surface area contributed by atoms with Gasteiger partial charge in [-0.3, -0.25) is 0 Å². The van der Waals surface area contributed by atoms with Gasteiger partial charge in [0, 0.05) is 16.7 Å². The number of benzene rings is 1. The molecule has 0 N–H and O–H groups in total. The zero-order valence-corrected chi connectivity index (χ0v) is 19.7. The lowest BCUT2D eigenvalue weighted by Gasteiger charge is -2.32. The van der Waals surface area contributed by atoms with Crippen molar-refractivity contribution in [2.45, 2.75) is 89.4 Å². The minimum atomic E-state index is -0.517. The van der Waals surface area contributed by atoms with Crippen LogP contribution >= 0.6 is 11.6 Å². The minimum absolute atomic E-state index is 0.127. The monoisotopic (exact) mass is 418 g/mol. The van der Waals surface area contributed by atoms with E-state index < -0.39 is 36.6 Å². The third kappa shape index (κ3) is 4.07. The number of hydrogen-bond acceptors (Lipinski definition) is 4. The molecule has 3 rings (SSSR count). The van der Waals surface area contributed by atoms with Crippen LogP contribution in [0.5, 0.6) is 0 Å². The smallest absolute Gasteiger partial charge is 0.403 e. The first kappa shape index (κ1) is 22.9. The molecule has 7 heteroatoms. The quantitative estimate of drug-likeness (QED) is 0.454.